The van der Waals surface area contributed by atoms with Crippen LogP contribution in [-0.2, 0) is 0 Å². The molecule has 18 heavy (non-hydrogen) atoms. The molecule has 0 radical (unpaired) electrons. The molecule has 0 saturated heterocycles. The van der Waals surface area contributed by atoms with Gasteiger partial charge in [-0.15, -0.1) is 0 Å². The molecule has 0 bridgehead atoms. The second-order valence-corrected chi connectivity index (χ2v) is 4.08. The number of carboxylic acids is 1. The van der Waals surface area contributed by atoms with E-state index in [1.165, 1.54) is 12.1 Å². The van der Waals surface area contributed by atoms with E-state index in [1.54, 1.807) is 18.3 Å². The Morgan fingerprint density at radius 1 is 1.39 bits per heavy atom. The summed E-state index contributed by atoms with van der Waals surface area (Å²) in [4.78, 5) is 15.0. The van der Waals surface area contributed by atoms with Crippen molar-refractivity contribution >= 4 is 17.6 Å². The summed E-state index contributed by atoms with van der Waals surface area (Å²) < 4.78 is 5.52. The van der Waals surface area contributed by atoms with Crippen LogP contribution in [0.1, 0.15) is 15.9 Å². The van der Waals surface area contributed by atoms with E-state index in [1.807, 2.05) is 13.0 Å². The summed E-state index contributed by atoms with van der Waals surface area (Å²) in [6.45, 7) is 1.86. The molecule has 0 aliphatic carbocycles. The second kappa shape index (κ2) is 5.06. The summed E-state index contributed by atoms with van der Waals surface area (Å²) >= 11 is 5.77. The molecular formula is C13H10ClNO3. The summed E-state index contributed by atoms with van der Waals surface area (Å²) in [6.07, 6.45) is 1.61. The monoisotopic (exact) mass is 263 g/mol. The van der Waals surface area contributed by atoms with E-state index < -0.39 is 5.97 Å². The van der Waals surface area contributed by atoms with Gasteiger partial charge >= 0.3 is 5.97 Å². The molecule has 1 heterocycles. The molecule has 0 unspecified atom stereocenters. The van der Waals surface area contributed by atoms with Gasteiger partial charge in [-0.3, -0.25) is 0 Å². The van der Waals surface area contributed by atoms with Gasteiger partial charge in [0.25, 0.3) is 0 Å². The molecule has 1 aromatic heterocycles. The Kier molecular flexibility index (Phi) is 3.48. The predicted molar refractivity (Wildman–Crippen MR) is 67.5 cm³/mol. The lowest BCUT2D eigenvalue weighted by molar-refractivity contribution is 0.0696. The number of ether oxygens (including phenoxy) is 1. The van der Waals surface area contributed by atoms with E-state index in [2.05, 4.69) is 4.98 Å². The van der Waals surface area contributed by atoms with Crippen LogP contribution in [0.25, 0.3) is 0 Å². The molecule has 2 rings (SSSR count). The highest BCUT2D eigenvalue weighted by Gasteiger charge is 2.11. The Morgan fingerprint density at radius 3 is 2.83 bits per heavy atom. The van der Waals surface area contributed by atoms with Crippen molar-refractivity contribution in [2.24, 2.45) is 0 Å². The van der Waals surface area contributed by atoms with Crippen molar-refractivity contribution in [1.29, 1.82) is 0 Å². The van der Waals surface area contributed by atoms with Gasteiger partial charge in [0.05, 0.1) is 10.6 Å². The Hall–Kier alpha value is -2.07. The second-order valence-electron chi connectivity index (χ2n) is 3.67. The van der Waals surface area contributed by atoms with E-state index in [9.17, 15) is 4.79 Å². The molecular weight excluding hydrogens is 254 g/mol. The maximum Gasteiger partial charge on any atom is 0.337 e. The van der Waals surface area contributed by atoms with Gasteiger partial charge in [0, 0.05) is 11.8 Å². The number of aryl methyl sites for hydroxylation is 1. The standard InChI is InChI=1S/C13H10ClNO3/c1-8-3-2-6-15-12(8)18-9-4-5-11(14)10(7-9)13(16)17/h2-7H,1H3,(H,16,17). The van der Waals surface area contributed by atoms with Gasteiger partial charge in [-0.2, -0.15) is 0 Å². The maximum absolute atomic E-state index is 10.9. The largest absolute Gasteiger partial charge is 0.478 e. The first-order valence-corrected chi connectivity index (χ1v) is 5.58. The molecule has 0 spiro atoms. The van der Waals surface area contributed by atoms with Crippen LogP contribution in [0, 0.1) is 6.92 Å². The normalized spacial score (nSPS) is 10.1. The smallest absolute Gasteiger partial charge is 0.337 e. The number of aromatic nitrogens is 1. The summed E-state index contributed by atoms with van der Waals surface area (Å²) in [5.41, 5.74) is 0.868. The molecule has 92 valence electrons. The van der Waals surface area contributed by atoms with Gasteiger partial charge in [0.15, 0.2) is 0 Å². The van der Waals surface area contributed by atoms with E-state index in [0.29, 0.717) is 11.6 Å². The maximum atomic E-state index is 10.9. The quantitative estimate of drug-likeness (QED) is 0.920. The van der Waals surface area contributed by atoms with Crippen LogP contribution in [0.2, 0.25) is 5.02 Å². The Bertz CT molecular complexity index is 599. The lowest BCUT2D eigenvalue weighted by Crippen LogP contribution is -1.98. The number of rotatable bonds is 3. The van der Waals surface area contributed by atoms with Gasteiger partial charge in [0.1, 0.15) is 5.75 Å². The minimum atomic E-state index is -1.09. The van der Waals surface area contributed by atoms with Crippen molar-refractivity contribution < 1.29 is 14.6 Å². The van der Waals surface area contributed by atoms with E-state index in [0.717, 1.165) is 5.56 Å². The summed E-state index contributed by atoms with van der Waals surface area (Å²) in [6, 6.07) is 8.11. The number of hydrogen-bond acceptors (Lipinski definition) is 3. The zero-order valence-electron chi connectivity index (χ0n) is 9.55. The number of aromatic carboxylic acids is 1. The fourth-order valence-corrected chi connectivity index (χ4v) is 1.62. The first kappa shape index (κ1) is 12.4. The Morgan fingerprint density at radius 2 is 2.17 bits per heavy atom. The highest BCUT2D eigenvalue weighted by molar-refractivity contribution is 6.33. The molecule has 0 amide bonds. The molecule has 0 aliphatic heterocycles. The average molecular weight is 264 g/mol. The van der Waals surface area contributed by atoms with Crippen molar-refractivity contribution in [3.8, 4) is 11.6 Å². The number of halogens is 1. The van der Waals surface area contributed by atoms with Crippen molar-refractivity contribution in [1.82, 2.24) is 4.98 Å². The Labute approximate surface area is 109 Å². The topological polar surface area (TPSA) is 59.4 Å². The molecule has 4 nitrogen and oxygen atoms in total. The van der Waals surface area contributed by atoms with Crippen LogP contribution in [0.4, 0.5) is 0 Å². The number of benzene rings is 1. The molecule has 1 aromatic carbocycles. The van der Waals surface area contributed by atoms with Crippen LogP contribution in [0.3, 0.4) is 0 Å². The van der Waals surface area contributed by atoms with Crippen molar-refractivity contribution in [3.05, 3.63) is 52.7 Å². The highest BCUT2D eigenvalue weighted by Crippen LogP contribution is 2.26. The zero-order chi connectivity index (χ0) is 13.1. The van der Waals surface area contributed by atoms with Crippen LogP contribution < -0.4 is 4.74 Å². The molecule has 2 aromatic rings. The number of nitrogens with zero attached hydrogens (tertiary/aromatic N) is 1. The van der Waals surface area contributed by atoms with E-state index >= 15 is 0 Å². The van der Waals surface area contributed by atoms with Crippen molar-refractivity contribution in [2.75, 3.05) is 0 Å². The molecule has 0 fully saturated rings. The summed E-state index contributed by atoms with van der Waals surface area (Å²) in [7, 11) is 0. The molecule has 0 saturated carbocycles. The average Bonchev–Trinajstić information content (AvgIpc) is 2.34. The molecule has 5 heteroatoms. The third-order valence-electron chi connectivity index (χ3n) is 2.34. The third-order valence-corrected chi connectivity index (χ3v) is 2.67. The predicted octanol–water partition coefficient (Wildman–Crippen LogP) is 3.53. The van der Waals surface area contributed by atoms with Crippen molar-refractivity contribution in [3.63, 3.8) is 0 Å². The number of hydrogen-bond donors (Lipinski definition) is 1. The van der Waals surface area contributed by atoms with Crippen LogP contribution in [-0.4, -0.2) is 16.1 Å². The number of carbonyl (C=O) groups is 1. The first-order chi connectivity index (χ1) is 8.58. The Balaban J connectivity index is 2.33. The number of carboxylic acid groups (broad SMARTS) is 1. The summed E-state index contributed by atoms with van der Waals surface area (Å²) in [5.74, 6) is -0.266. The third kappa shape index (κ3) is 2.60. The van der Waals surface area contributed by atoms with Crippen LogP contribution in [0.5, 0.6) is 11.6 Å². The minimum absolute atomic E-state index is 0.00255. The lowest BCUT2D eigenvalue weighted by atomic mass is 10.2. The molecule has 0 atom stereocenters. The number of pyridine rings is 1. The van der Waals surface area contributed by atoms with Crippen LogP contribution in [0.15, 0.2) is 36.5 Å². The van der Waals surface area contributed by atoms with E-state index in [4.69, 9.17) is 21.4 Å². The van der Waals surface area contributed by atoms with Gasteiger partial charge in [0.2, 0.25) is 5.88 Å². The van der Waals surface area contributed by atoms with E-state index in [-0.39, 0.29) is 10.6 Å². The van der Waals surface area contributed by atoms with Gasteiger partial charge < -0.3 is 9.84 Å². The first-order valence-electron chi connectivity index (χ1n) is 5.20. The van der Waals surface area contributed by atoms with Gasteiger partial charge in [-0.05, 0) is 31.2 Å². The highest BCUT2D eigenvalue weighted by atomic mass is 35.5. The van der Waals surface area contributed by atoms with Crippen molar-refractivity contribution in [2.45, 2.75) is 6.92 Å². The fraction of sp³-hybridized carbons (Fsp3) is 0.0769. The van der Waals surface area contributed by atoms with Gasteiger partial charge in [-0.1, -0.05) is 17.7 Å². The fourth-order valence-electron chi connectivity index (χ4n) is 1.42. The van der Waals surface area contributed by atoms with Crippen LogP contribution >= 0.6 is 11.6 Å². The zero-order valence-corrected chi connectivity index (χ0v) is 10.3. The lowest BCUT2D eigenvalue weighted by Gasteiger charge is -2.08. The molecule has 0 aliphatic rings. The molecule has 1 N–H and O–H groups in total. The minimum Gasteiger partial charge on any atom is -0.478 e. The SMILES string of the molecule is Cc1cccnc1Oc1ccc(Cl)c(C(=O)O)c1. The summed E-state index contributed by atoms with van der Waals surface area (Å²) in [5, 5.41) is 9.13. The van der Waals surface area contributed by atoms with Gasteiger partial charge in [-0.25, -0.2) is 9.78 Å².